The average Bonchev–Trinajstić information content (AvgIpc) is 2.35. The summed E-state index contributed by atoms with van der Waals surface area (Å²) >= 11 is 5.60. The van der Waals surface area contributed by atoms with Crippen molar-refractivity contribution in [2.24, 2.45) is 0 Å². The fourth-order valence-corrected chi connectivity index (χ4v) is 1.27. The maximum atomic E-state index is 11.6. The van der Waals surface area contributed by atoms with E-state index in [2.05, 4.69) is 10.9 Å². The number of benzene rings is 1. The number of carbonyl (C=O) groups is 2. The number of amides is 2. The Morgan fingerprint density at radius 2 is 2.06 bits per heavy atom. The Kier molecular flexibility index (Phi) is 4.61. The van der Waals surface area contributed by atoms with Gasteiger partial charge >= 0.3 is 0 Å². The van der Waals surface area contributed by atoms with Gasteiger partial charge in [-0.05, 0) is 12.1 Å². The molecule has 18 heavy (non-hydrogen) atoms. The van der Waals surface area contributed by atoms with Gasteiger partial charge in [-0.15, -0.1) is 0 Å². The first-order valence-corrected chi connectivity index (χ1v) is 5.36. The fourth-order valence-electron chi connectivity index (χ4n) is 1.08. The van der Waals surface area contributed by atoms with E-state index in [1.54, 1.807) is 6.92 Å². The van der Waals surface area contributed by atoms with Gasteiger partial charge in [0.2, 0.25) is 5.91 Å². The molecule has 0 aliphatic heterocycles. The molecule has 0 aliphatic carbocycles. The van der Waals surface area contributed by atoms with Crippen LogP contribution in [0.25, 0.3) is 0 Å². The molecule has 2 amide bonds. The molecule has 8 heteroatoms. The number of hydrogen-bond acceptors (Lipinski definition) is 4. The maximum Gasteiger partial charge on any atom is 0.288 e. The molecule has 0 unspecified atom stereocenters. The van der Waals surface area contributed by atoms with Crippen molar-refractivity contribution in [3.05, 3.63) is 38.9 Å². The summed E-state index contributed by atoms with van der Waals surface area (Å²) in [4.78, 5) is 32.4. The minimum atomic E-state index is -0.691. The summed E-state index contributed by atoms with van der Waals surface area (Å²) in [5.74, 6) is -1.02. The molecule has 96 valence electrons. The minimum Gasteiger partial charge on any atom is -0.273 e. The van der Waals surface area contributed by atoms with E-state index in [0.717, 1.165) is 6.07 Å². The fraction of sp³-hybridized carbons (Fsp3) is 0.200. The number of nitrogens with zero attached hydrogens (tertiary/aromatic N) is 1. The van der Waals surface area contributed by atoms with Crippen molar-refractivity contribution in [3.63, 3.8) is 0 Å². The zero-order valence-electron chi connectivity index (χ0n) is 9.40. The maximum absolute atomic E-state index is 11.6. The van der Waals surface area contributed by atoms with Crippen LogP contribution in [-0.4, -0.2) is 16.7 Å². The SMILES string of the molecule is CCC(=O)NNC(=O)c1ccc(Cl)c([N+](=O)[O-])c1. The molecule has 0 atom stereocenters. The lowest BCUT2D eigenvalue weighted by Gasteiger charge is -2.06. The van der Waals surface area contributed by atoms with Crippen LogP contribution < -0.4 is 10.9 Å². The van der Waals surface area contributed by atoms with Crippen molar-refractivity contribution in [3.8, 4) is 0 Å². The third-order valence-electron chi connectivity index (χ3n) is 2.04. The number of nitro groups is 1. The van der Waals surface area contributed by atoms with Crippen molar-refractivity contribution >= 4 is 29.1 Å². The molecule has 0 radical (unpaired) electrons. The number of nitrogens with one attached hydrogen (secondary N) is 2. The summed E-state index contributed by atoms with van der Waals surface area (Å²) in [5, 5.41) is 10.6. The molecular weight excluding hydrogens is 262 g/mol. The lowest BCUT2D eigenvalue weighted by molar-refractivity contribution is -0.384. The normalized spacial score (nSPS) is 9.67. The van der Waals surface area contributed by atoms with Crippen LogP contribution in [0.3, 0.4) is 0 Å². The van der Waals surface area contributed by atoms with E-state index in [-0.39, 0.29) is 28.6 Å². The predicted molar refractivity (Wildman–Crippen MR) is 64.0 cm³/mol. The smallest absolute Gasteiger partial charge is 0.273 e. The van der Waals surface area contributed by atoms with Gasteiger partial charge in [-0.25, -0.2) is 0 Å². The van der Waals surface area contributed by atoms with Crippen molar-refractivity contribution in [2.45, 2.75) is 13.3 Å². The molecule has 1 rings (SSSR count). The molecule has 0 saturated carbocycles. The third kappa shape index (κ3) is 3.42. The summed E-state index contributed by atoms with van der Waals surface area (Å²) in [6, 6.07) is 3.61. The van der Waals surface area contributed by atoms with Crippen LogP contribution in [0.15, 0.2) is 18.2 Å². The minimum absolute atomic E-state index is 0.0301. The average molecular weight is 272 g/mol. The van der Waals surface area contributed by atoms with E-state index >= 15 is 0 Å². The molecule has 1 aromatic carbocycles. The van der Waals surface area contributed by atoms with Gasteiger partial charge in [0.25, 0.3) is 11.6 Å². The number of rotatable bonds is 3. The van der Waals surface area contributed by atoms with Crippen LogP contribution >= 0.6 is 11.6 Å². The van der Waals surface area contributed by atoms with Gasteiger partial charge in [-0.1, -0.05) is 18.5 Å². The van der Waals surface area contributed by atoms with Crippen molar-refractivity contribution in [2.75, 3.05) is 0 Å². The molecule has 0 aromatic heterocycles. The molecule has 0 aliphatic rings. The largest absolute Gasteiger partial charge is 0.288 e. The molecule has 0 heterocycles. The van der Waals surface area contributed by atoms with Gasteiger partial charge in [0, 0.05) is 18.1 Å². The lowest BCUT2D eigenvalue weighted by atomic mass is 10.2. The highest BCUT2D eigenvalue weighted by molar-refractivity contribution is 6.32. The third-order valence-corrected chi connectivity index (χ3v) is 2.36. The van der Waals surface area contributed by atoms with Crippen molar-refractivity contribution < 1.29 is 14.5 Å². The first kappa shape index (κ1) is 13.9. The first-order chi connectivity index (χ1) is 8.45. The number of carbonyl (C=O) groups excluding carboxylic acids is 2. The predicted octanol–water partition coefficient (Wildman–Crippen LogP) is 1.42. The molecule has 0 saturated heterocycles. The Labute approximate surface area is 107 Å². The second-order valence-corrected chi connectivity index (χ2v) is 3.69. The van der Waals surface area contributed by atoms with E-state index in [1.165, 1.54) is 12.1 Å². The highest BCUT2D eigenvalue weighted by Gasteiger charge is 2.16. The van der Waals surface area contributed by atoms with Gasteiger partial charge in [-0.2, -0.15) is 0 Å². The molecule has 1 aromatic rings. The summed E-state index contributed by atoms with van der Waals surface area (Å²) in [7, 11) is 0. The summed E-state index contributed by atoms with van der Waals surface area (Å²) < 4.78 is 0. The van der Waals surface area contributed by atoms with E-state index < -0.39 is 10.8 Å². The van der Waals surface area contributed by atoms with Crippen molar-refractivity contribution in [1.29, 1.82) is 0 Å². The quantitative estimate of drug-likeness (QED) is 0.641. The Balaban J connectivity index is 2.84. The Hall–Kier alpha value is -2.15. The van der Waals surface area contributed by atoms with Crippen molar-refractivity contribution in [1.82, 2.24) is 10.9 Å². The first-order valence-electron chi connectivity index (χ1n) is 4.98. The van der Waals surface area contributed by atoms with E-state index in [4.69, 9.17) is 11.6 Å². The summed E-state index contributed by atoms with van der Waals surface area (Å²) in [6.07, 6.45) is 0.209. The van der Waals surface area contributed by atoms with Gasteiger partial charge in [0.05, 0.1) is 4.92 Å². The zero-order chi connectivity index (χ0) is 13.7. The zero-order valence-corrected chi connectivity index (χ0v) is 10.2. The standard InChI is InChI=1S/C10H10ClN3O4/c1-2-9(15)12-13-10(16)6-3-4-7(11)8(5-6)14(17)18/h3-5H,2H2,1H3,(H,12,15)(H,13,16). The van der Waals surface area contributed by atoms with E-state index in [1.807, 2.05) is 0 Å². The summed E-state index contributed by atoms with van der Waals surface area (Å²) in [5.41, 5.74) is 3.94. The number of halogens is 1. The van der Waals surface area contributed by atoms with Crippen LogP contribution in [-0.2, 0) is 4.79 Å². The Morgan fingerprint density at radius 1 is 1.39 bits per heavy atom. The lowest BCUT2D eigenvalue weighted by Crippen LogP contribution is -2.41. The molecular formula is C10H10ClN3O4. The molecule has 0 spiro atoms. The van der Waals surface area contributed by atoms with Crippen LogP contribution in [0.2, 0.25) is 5.02 Å². The highest BCUT2D eigenvalue weighted by atomic mass is 35.5. The van der Waals surface area contributed by atoms with Gasteiger partial charge < -0.3 is 0 Å². The number of nitro benzene ring substituents is 1. The Bertz CT molecular complexity index is 504. The Morgan fingerprint density at radius 3 is 2.61 bits per heavy atom. The van der Waals surface area contributed by atoms with E-state index in [0.29, 0.717) is 0 Å². The van der Waals surface area contributed by atoms with Crippen LogP contribution in [0.1, 0.15) is 23.7 Å². The molecule has 2 N–H and O–H groups in total. The number of hydrogen-bond donors (Lipinski definition) is 2. The van der Waals surface area contributed by atoms with Crippen LogP contribution in [0.4, 0.5) is 5.69 Å². The highest BCUT2D eigenvalue weighted by Crippen LogP contribution is 2.24. The second kappa shape index (κ2) is 5.97. The van der Waals surface area contributed by atoms with Crippen LogP contribution in [0, 0.1) is 10.1 Å². The van der Waals surface area contributed by atoms with E-state index in [9.17, 15) is 19.7 Å². The van der Waals surface area contributed by atoms with Gasteiger partial charge in [-0.3, -0.25) is 30.6 Å². The van der Waals surface area contributed by atoms with Crippen LogP contribution in [0.5, 0.6) is 0 Å². The monoisotopic (exact) mass is 271 g/mol. The molecule has 7 nitrogen and oxygen atoms in total. The van der Waals surface area contributed by atoms with Gasteiger partial charge in [0.15, 0.2) is 0 Å². The topological polar surface area (TPSA) is 101 Å². The van der Waals surface area contributed by atoms with Gasteiger partial charge in [0.1, 0.15) is 5.02 Å². The number of hydrazine groups is 1. The molecule has 0 fully saturated rings. The summed E-state index contributed by atoms with van der Waals surface area (Å²) in [6.45, 7) is 1.62. The molecule has 0 bridgehead atoms. The second-order valence-electron chi connectivity index (χ2n) is 3.28.